The smallest absolute Gasteiger partial charge is 0.225 e. The Morgan fingerprint density at radius 3 is 2.76 bits per heavy atom. The topological polar surface area (TPSA) is 57.8 Å². The van der Waals surface area contributed by atoms with Crippen molar-refractivity contribution in [2.24, 2.45) is 0 Å². The second kappa shape index (κ2) is 8.16. The van der Waals surface area contributed by atoms with E-state index in [2.05, 4.69) is 15.3 Å². The molecule has 0 saturated heterocycles. The molecule has 0 unspecified atom stereocenters. The molecule has 2 aromatic carbocycles. The van der Waals surface area contributed by atoms with Crippen LogP contribution < -0.4 is 5.32 Å². The molecule has 25 heavy (non-hydrogen) atoms. The number of halogens is 1. The molecule has 0 aliphatic heterocycles. The van der Waals surface area contributed by atoms with Crippen LogP contribution in [0.3, 0.4) is 0 Å². The van der Waals surface area contributed by atoms with Gasteiger partial charge in [0.2, 0.25) is 5.91 Å². The number of rotatable bonds is 7. The molecule has 0 aliphatic rings. The van der Waals surface area contributed by atoms with Crippen LogP contribution in [0.2, 0.25) is 0 Å². The van der Waals surface area contributed by atoms with Gasteiger partial charge in [0.1, 0.15) is 11.6 Å². The largest absolute Gasteiger partial charge is 0.346 e. The van der Waals surface area contributed by atoms with Crippen molar-refractivity contribution in [1.82, 2.24) is 15.3 Å². The van der Waals surface area contributed by atoms with Crippen molar-refractivity contribution in [3.8, 4) is 0 Å². The second-order valence-corrected chi connectivity index (χ2v) is 6.79. The number of benzene rings is 2. The summed E-state index contributed by atoms with van der Waals surface area (Å²) in [7, 11) is 0. The molecular weight excluding hydrogens is 337 g/mol. The number of thioether (sulfide) groups is 1. The van der Waals surface area contributed by atoms with Crippen LogP contribution in [0.5, 0.6) is 0 Å². The minimum Gasteiger partial charge on any atom is -0.346 e. The van der Waals surface area contributed by atoms with E-state index >= 15 is 0 Å². The summed E-state index contributed by atoms with van der Waals surface area (Å²) in [5.41, 5.74) is 2.21. The van der Waals surface area contributed by atoms with Gasteiger partial charge >= 0.3 is 0 Å². The number of fused-ring (bicyclic) bond motifs is 1. The predicted octanol–water partition coefficient (Wildman–Crippen LogP) is 3.86. The first-order valence-electron chi connectivity index (χ1n) is 8.13. The van der Waals surface area contributed by atoms with E-state index in [1.165, 1.54) is 6.07 Å². The molecule has 6 heteroatoms. The maximum absolute atomic E-state index is 13.8. The van der Waals surface area contributed by atoms with Crippen LogP contribution in [-0.2, 0) is 11.2 Å². The van der Waals surface area contributed by atoms with Crippen molar-refractivity contribution in [2.75, 3.05) is 12.0 Å². The van der Waals surface area contributed by atoms with Crippen LogP contribution in [0.1, 0.15) is 23.9 Å². The highest BCUT2D eigenvalue weighted by atomic mass is 32.2. The first-order chi connectivity index (χ1) is 12.2. The molecular formula is C19H20FN3OS. The molecule has 1 heterocycles. The van der Waals surface area contributed by atoms with Gasteiger partial charge in [-0.25, -0.2) is 9.37 Å². The molecule has 1 amide bonds. The van der Waals surface area contributed by atoms with Gasteiger partial charge in [0.05, 0.1) is 23.5 Å². The fourth-order valence-corrected chi connectivity index (χ4v) is 3.18. The summed E-state index contributed by atoms with van der Waals surface area (Å²) >= 11 is 1.71. The van der Waals surface area contributed by atoms with Gasteiger partial charge in [-0.3, -0.25) is 4.79 Å². The predicted molar refractivity (Wildman–Crippen MR) is 100 cm³/mol. The van der Waals surface area contributed by atoms with E-state index < -0.39 is 0 Å². The van der Waals surface area contributed by atoms with E-state index in [-0.39, 0.29) is 24.2 Å². The molecule has 3 aromatic rings. The third-order valence-electron chi connectivity index (χ3n) is 3.99. The highest BCUT2D eigenvalue weighted by Gasteiger charge is 2.19. The Kier molecular flexibility index (Phi) is 5.71. The molecule has 130 valence electrons. The van der Waals surface area contributed by atoms with Gasteiger partial charge in [0.15, 0.2) is 0 Å². The molecule has 0 spiro atoms. The quantitative estimate of drug-likeness (QED) is 0.675. The molecule has 0 bridgehead atoms. The first kappa shape index (κ1) is 17.5. The van der Waals surface area contributed by atoms with Crippen molar-refractivity contribution in [1.29, 1.82) is 0 Å². The molecule has 0 radical (unpaired) electrons. The lowest BCUT2D eigenvalue weighted by molar-refractivity contribution is -0.121. The summed E-state index contributed by atoms with van der Waals surface area (Å²) in [6.07, 6.45) is 2.80. The zero-order valence-corrected chi connectivity index (χ0v) is 14.8. The third-order valence-corrected chi connectivity index (χ3v) is 4.64. The summed E-state index contributed by atoms with van der Waals surface area (Å²) in [6.45, 7) is 0. The van der Waals surface area contributed by atoms with Gasteiger partial charge in [0, 0.05) is 0 Å². The van der Waals surface area contributed by atoms with Gasteiger partial charge in [0.25, 0.3) is 0 Å². The van der Waals surface area contributed by atoms with Crippen molar-refractivity contribution in [2.45, 2.75) is 18.9 Å². The molecule has 3 rings (SSSR count). The van der Waals surface area contributed by atoms with Gasteiger partial charge in [-0.1, -0.05) is 30.3 Å². The standard InChI is InChI=1S/C19H20FN3OS/c1-25-11-10-17(19-22-15-8-4-5-9-16(15)23-19)21-18(24)12-13-6-2-3-7-14(13)20/h2-9,17H,10-12H2,1H3,(H,21,24)(H,22,23)/t17-/m0/s1. The van der Waals surface area contributed by atoms with E-state index in [0.29, 0.717) is 5.56 Å². The Hall–Kier alpha value is -2.34. The van der Waals surface area contributed by atoms with Crippen LogP contribution in [0.15, 0.2) is 48.5 Å². The number of H-pyrrole nitrogens is 1. The number of aromatic amines is 1. The number of imidazole rings is 1. The molecule has 0 saturated carbocycles. The molecule has 4 nitrogen and oxygen atoms in total. The van der Waals surface area contributed by atoms with Crippen LogP contribution in [0.4, 0.5) is 4.39 Å². The van der Waals surface area contributed by atoms with Crippen LogP contribution in [-0.4, -0.2) is 27.9 Å². The molecule has 1 aromatic heterocycles. The first-order valence-corrected chi connectivity index (χ1v) is 9.53. The van der Waals surface area contributed by atoms with Crippen LogP contribution in [0.25, 0.3) is 11.0 Å². The Morgan fingerprint density at radius 2 is 2.00 bits per heavy atom. The summed E-state index contributed by atoms with van der Waals surface area (Å²) in [4.78, 5) is 20.3. The number of amides is 1. The van der Waals surface area contributed by atoms with E-state index in [1.54, 1.807) is 30.0 Å². The van der Waals surface area contributed by atoms with Crippen molar-refractivity contribution in [3.63, 3.8) is 0 Å². The Balaban J connectivity index is 1.76. The molecule has 0 fully saturated rings. The Bertz CT molecular complexity index is 832. The number of aromatic nitrogens is 2. The number of hydrogen-bond donors (Lipinski definition) is 2. The second-order valence-electron chi connectivity index (χ2n) is 5.81. The zero-order chi connectivity index (χ0) is 17.6. The van der Waals surface area contributed by atoms with Crippen molar-refractivity contribution >= 4 is 28.7 Å². The third kappa shape index (κ3) is 4.39. The molecule has 0 aliphatic carbocycles. The minimum absolute atomic E-state index is 0.0165. The van der Waals surface area contributed by atoms with Gasteiger partial charge < -0.3 is 10.3 Å². The van der Waals surface area contributed by atoms with Crippen molar-refractivity contribution in [3.05, 3.63) is 65.7 Å². The van der Waals surface area contributed by atoms with E-state index in [1.807, 2.05) is 30.5 Å². The monoisotopic (exact) mass is 357 g/mol. The maximum atomic E-state index is 13.8. The average Bonchev–Trinajstić information content (AvgIpc) is 3.04. The number of nitrogens with one attached hydrogen (secondary N) is 2. The Labute approximate surface area is 150 Å². The van der Waals surface area contributed by atoms with Gasteiger partial charge in [-0.15, -0.1) is 0 Å². The highest BCUT2D eigenvalue weighted by Crippen LogP contribution is 2.20. The zero-order valence-electron chi connectivity index (χ0n) is 14.0. The molecule has 2 N–H and O–H groups in total. The minimum atomic E-state index is -0.359. The number of carbonyl (C=O) groups is 1. The lowest BCUT2D eigenvalue weighted by Gasteiger charge is -2.16. The van der Waals surface area contributed by atoms with E-state index in [4.69, 9.17) is 0 Å². The van der Waals surface area contributed by atoms with E-state index in [0.717, 1.165) is 29.0 Å². The van der Waals surface area contributed by atoms with Gasteiger partial charge in [-0.2, -0.15) is 11.8 Å². The summed E-state index contributed by atoms with van der Waals surface area (Å²) in [5, 5.41) is 2.99. The fourth-order valence-electron chi connectivity index (χ4n) is 2.71. The lowest BCUT2D eigenvalue weighted by atomic mass is 10.1. The highest BCUT2D eigenvalue weighted by molar-refractivity contribution is 7.98. The number of carbonyl (C=O) groups excluding carboxylic acids is 1. The SMILES string of the molecule is CSCC[C@H](NC(=O)Cc1ccccc1F)c1nc2ccccc2[nH]1. The van der Waals surface area contributed by atoms with E-state index in [9.17, 15) is 9.18 Å². The van der Waals surface area contributed by atoms with Crippen LogP contribution in [0, 0.1) is 5.82 Å². The lowest BCUT2D eigenvalue weighted by Crippen LogP contribution is -2.31. The summed E-state index contributed by atoms with van der Waals surface area (Å²) in [5.74, 6) is 1.05. The summed E-state index contributed by atoms with van der Waals surface area (Å²) in [6, 6.07) is 13.9. The average molecular weight is 357 g/mol. The van der Waals surface area contributed by atoms with Crippen molar-refractivity contribution < 1.29 is 9.18 Å². The number of para-hydroxylation sites is 2. The fraction of sp³-hybridized carbons (Fsp3) is 0.263. The van der Waals surface area contributed by atoms with Crippen LogP contribution >= 0.6 is 11.8 Å². The molecule has 1 atom stereocenters. The van der Waals surface area contributed by atoms with Gasteiger partial charge in [-0.05, 0) is 42.2 Å². The normalized spacial score (nSPS) is 12.2. The number of hydrogen-bond acceptors (Lipinski definition) is 3. The Morgan fingerprint density at radius 1 is 1.24 bits per heavy atom. The summed E-state index contributed by atoms with van der Waals surface area (Å²) < 4.78 is 13.8. The number of nitrogens with zero attached hydrogens (tertiary/aromatic N) is 1. The maximum Gasteiger partial charge on any atom is 0.225 e.